The summed E-state index contributed by atoms with van der Waals surface area (Å²) in [6.07, 6.45) is 11.3. The summed E-state index contributed by atoms with van der Waals surface area (Å²) >= 11 is 3.58. The van der Waals surface area contributed by atoms with Gasteiger partial charge in [-0.15, -0.1) is 0 Å². The van der Waals surface area contributed by atoms with E-state index >= 15 is 0 Å². The van der Waals surface area contributed by atoms with Gasteiger partial charge in [0.1, 0.15) is 0 Å². The van der Waals surface area contributed by atoms with Crippen molar-refractivity contribution in [2.75, 3.05) is 0 Å². The lowest BCUT2D eigenvalue weighted by molar-refractivity contribution is 0.228. The van der Waals surface area contributed by atoms with Crippen LogP contribution in [0.1, 0.15) is 69.8 Å². The molecule has 2 heteroatoms. The Labute approximate surface area is 138 Å². The van der Waals surface area contributed by atoms with Gasteiger partial charge in [0.25, 0.3) is 0 Å². The van der Waals surface area contributed by atoms with E-state index in [0.29, 0.717) is 6.04 Å². The molecule has 1 aromatic rings. The molecule has 0 saturated heterocycles. The third-order valence-corrected chi connectivity index (χ3v) is 6.06. The maximum Gasteiger partial charge on any atom is 0.0178 e. The fourth-order valence-corrected chi connectivity index (χ4v) is 4.52. The summed E-state index contributed by atoms with van der Waals surface area (Å²) in [7, 11) is 0. The lowest BCUT2D eigenvalue weighted by atomic mass is 9.75. The van der Waals surface area contributed by atoms with Crippen LogP contribution < -0.4 is 5.32 Å². The van der Waals surface area contributed by atoms with Gasteiger partial charge in [0.15, 0.2) is 0 Å². The minimum atomic E-state index is 0.705. The fourth-order valence-electron chi connectivity index (χ4n) is 4.11. The number of hydrogen-bond donors (Lipinski definition) is 1. The number of benzene rings is 1. The lowest BCUT2D eigenvalue weighted by Gasteiger charge is -2.40. The maximum atomic E-state index is 3.92. The number of halogens is 1. The maximum absolute atomic E-state index is 3.92. The highest BCUT2D eigenvalue weighted by Gasteiger charge is 2.32. The first-order valence-corrected chi connectivity index (χ1v) is 9.53. The van der Waals surface area contributed by atoms with Crippen molar-refractivity contribution in [3.05, 3.63) is 34.3 Å². The van der Waals surface area contributed by atoms with E-state index in [1.165, 1.54) is 61.4 Å². The minimum absolute atomic E-state index is 0.705. The Morgan fingerprint density at radius 2 is 1.81 bits per heavy atom. The van der Waals surface area contributed by atoms with Gasteiger partial charge in [-0.1, -0.05) is 53.7 Å². The normalized spacial score (nSPS) is 28.7. The number of rotatable bonds is 4. The lowest BCUT2D eigenvalue weighted by Crippen LogP contribution is -2.47. The second kappa shape index (κ2) is 7.28. The van der Waals surface area contributed by atoms with Gasteiger partial charge in [0, 0.05) is 16.6 Å². The standard InChI is InChI=1S/C19H28BrN/c1-14(15-7-4-2-3-5-8-15)21-19-12-17(13-19)16-9-6-10-18(20)11-16/h6,9-11,14-15,17,19,21H,2-5,7-8,12-13H2,1H3/t14-,17?,19?/m1/s1. The zero-order valence-corrected chi connectivity index (χ0v) is 14.7. The van der Waals surface area contributed by atoms with Gasteiger partial charge in [-0.05, 0) is 62.1 Å². The van der Waals surface area contributed by atoms with Gasteiger partial charge < -0.3 is 5.32 Å². The highest BCUT2D eigenvalue weighted by molar-refractivity contribution is 9.10. The van der Waals surface area contributed by atoms with Crippen molar-refractivity contribution in [3.8, 4) is 0 Å². The molecule has 1 aromatic carbocycles. The van der Waals surface area contributed by atoms with Gasteiger partial charge in [0.2, 0.25) is 0 Å². The minimum Gasteiger partial charge on any atom is -0.311 e. The van der Waals surface area contributed by atoms with Crippen LogP contribution in [0, 0.1) is 5.92 Å². The van der Waals surface area contributed by atoms with Gasteiger partial charge in [-0.25, -0.2) is 0 Å². The third-order valence-electron chi connectivity index (χ3n) is 5.56. The van der Waals surface area contributed by atoms with Crippen LogP contribution in [-0.2, 0) is 0 Å². The predicted molar refractivity (Wildman–Crippen MR) is 93.7 cm³/mol. The molecule has 1 nitrogen and oxygen atoms in total. The Morgan fingerprint density at radius 1 is 1.10 bits per heavy atom. The zero-order chi connectivity index (χ0) is 14.7. The number of hydrogen-bond acceptors (Lipinski definition) is 1. The van der Waals surface area contributed by atoms with Gasteiger partial charge >= 0.3 is 0 Å². The molecule has 0 unspecified atom stereocenters. The first kappa shape index (κ1) is 15.6. The van der Waals surface area contributed by atoms with Gasteiger partial charge in [0.05, 0.1) is 0 Å². The van der Waals surface area contributed by atoms with Crippen LogP contribution in [0.4, 0.5) is 0 Å². The van der Waals surface area contributed by atoms with E-state index in [1.54, 1.807) is 0 Å². The zero-order valence-electron chi connectivity index (χ0n) is 13.2. The quantitative estimate of drug-likeness (QED) is 0.693. The molecule has 2 saturated carbocycles. The number of nitrogens with one attached hydrogen (secondary N) is 1. The summed E-state index contributed by atoms with van der Waals surface area (Å²) in [6, 6.07) is 10.3. The molecule has 0 bridgehead atoms. The Hall–Kier alpha value is -0.340. The van der Waals surface area contributed by atoms with E-state index in [0.717, 1.165) is 17.9 Å². The topological polar surface area (TPSA) is 12.0 Å². The molecule has 1 N–H and O–H groups in total. The van der Waals surface area contributed by atoms with Crippen LogP contribution in [0.15, 0.2) is 28.7 Å². The van der Waals surface area contributed by atoms with Crippen LogP contribution in [0.3, 0.4) is 0 Å². The molecule has 0 aliphatic heterocycles. The molecular weight excluding hydrogens is 322 g/mol. The van der Waals surface area contributed by atoms with Crippen molar-refractivity contribution in [2.24, 2.45) is 5.92 Å². The molecule has 0 radical (unpaired) electrons. The highest BCUT2D eigenvalue weighted by Crippen LogP contribution is 2.38. The van der Waals surface area contributed by atoms with E-state index in [4.69, 9.17) is 0 Å². The Kier molecular flexibility index (Phi) is 5.39. The summed E-state index contributed by atoms with van der Waals surface area (Å²) in [6.45, 7) is 2.42. The van der Waals surface area contributed by atoms with Crippen LogP contribution in [0.25, 0.3) is 0 Å². The molecule has 1 atom stereocenters. The summed E-state index contributed by atoms with van der Waals surface area (Å²) in [5, 5.41) is 3.92. The summed E-state index contributed by atoms with van der Waals surface area (Å²) in [5.41, 5.74) is 1.50. The molecular formula is C19H28BrN. The van der Waals surface area contributed by atoms with Crippen LogP contribution >= 0.6 is 15.9 Å². The van der Waals surface area contributed by atoms with Crippen LogP contribution in [0.2, 0.25) is 0 Å². The van der Waals surface area contributed by atoms with Crippen molar-refractivity contribution in [1.82, 2.24) is 5.32 Å². The van der Waals surface area contributed by atoms with Crippen molar-refractivity contribution in [2.45, 2.75) is 76.3 Å². The smallest absolute Gasteiger partial charge is 0.0178 e. The largest absolute Gasteiger partial charge is 0.311 e. The average Bonchev–Trinajstić information content (AvgIpc) is 2.71. The fraction of sp³-hybridized carbons (Fsp3) is 0.684. The Morgan fingerprint density at radius 3 is 2.48 bits per heavy atom. The molecule has 3 rings (SSSR count). The Bertz CT molecular complexity index is 445. The van der Waals surface area contributed by atoms with Crippen molar-refractivity contribution >= 4 is 15.9 Å². The van der Waals surface area contributed by atoms with Gasteiger partial charge in [-0.2, -0.15) is 0 Å². The monoisotopic (exact) mass is 349 g/mol. The molecule has 0 heterocycles. The second-order valence-corrected chi connectivity index (χ2v) is 8.04. The van der Waals surface area contributed by atoms with Crippen LogP contribution in [0.5, 0.6) is 0 Å². The average molecular weight is 350 g/mol. The molecule has 0 aromatic heterocycles. The first-order valence-electron chi connectivity index (χ1n) is 8.74. The van der Waals surface area contributed by atoms with Crippen molar-refractivity contribution in [1.29, 1.82) is 0 Å². The molecule has 2 fully saturated rings. The molecule has 2 aliphatic rings. The summed E-state index contributed by atoms with van der Waals surface area (Å²) < 4.78 is 1.21. The first-order chi connectivity index (χ1) is 10.2. The molecule has 2 aliphatic carbocycles. The van der Waals surface area contributed by atoms with E-state index in [9.17, 15) is 0 Å². The third kappa shape index (κ3) is 4.10. The van der Waals surface area contributed by atoms with E-state index in [2.05, 4.69) is 52.4 Å². The molecule has 0 spiro atoms. The van der Waals surface area contributed by atoms with E-state index in [-0.39, 0.29) is 0 Å². The molecule has 0 amide bonds. The van der Waals surface area contributed by atoms with Crippen LogP contribution in [-0.4, -0.2) is 12.1 Å². The summed E-state index contributed by atoms with van der Waals surface area (Å²) in [5.74, 6) is 1.68. The van der Waals surface area contributed by atoms with E-state index in [1.807, 2.05) is 0 Å². The Balaban J connectivity index is 1.45. The van der Waals surface area contributed by atoms with Gasteiger partial charge in [-0.3, -0.25) is 0 Å². The summed E-state index contributed by atoms with van der Waals surface area (Å²) in [4.78, 5) is 0. The second-order valence-electron chi connectivity index (χ2n) is 7.13. The SMILES string of the molecule is C[C@@H](NC1CC(c2cccc(Br)c2)C1)C1CCCCCC1. The van der Waals surface area contributed by atoms with Crippen molar-refractivity contribution < 1.29 is 0 Å². The molecule has 116 valence electrons. The highest BCUT2D eigenvalue weighted by atomic mass is 79.9. The predicted octanol–water partition coefficient (Wildman–Crippen LogP) is 5.64. The van der Waals surface area contributed by atoms with E-state index < -0.39 is 0 Å². The molecule has 21 heavy (non-hydrogen) atoms. The van der Waals surface area contributed by atoms with Crippen molar-refractivity contribution in [3.63, 3.8) is 0 Å².